The maximum Gasteiger partial charge on any atom is 0.407 e. The Morgan fingerprint density at radius 1 is 0.875 bits per heavy atom. The molecule has 1 aliphatic rings. The Kier molecular flexibility index (Phi) is 13.2. The number of carboxylic acid groups (broad SMARTS) is 1. The number of piperidine rings is 1. The third kappa shape index (κ3) is 9.76. The molecule has 0 radical (unpaired) electrons. The lowest BCUT2D eigenvalue weighted by atomic mass is 9.87. The number of para-hydroxylation sites is 1. The molecule has 5 rings (SSSR count). The fourth-order valence-corrected chi connectivity index (χ4v) is 5.81. The maximum atomic E-state index is 11.9. The minimum absolute atomic E-state index is 0.0326. The number of hydrogen-bond acceptors (Lipinski definition) is 8. The van der Waals surface area contributed by atoms with Gasteiger partial charge in [0.05, 0.1) is 64.6 Å². The highest BCUT2D eigenvalue weighted by atomic mass is 16.5. The van der Waals surface area contributed by atoms with Gasteiger partial charge in [0.25, 0.3) is 0 Å². The SMILES string of the molecule is COCCCOc1cc(COC2CN(C(=O)O)CCC2c2ccc(OCCCOCc3ccccc3OC)cc2)ccc1-c1ccco1. The van der Waals surface area contributed by atoms with Crippen molar-refractivity contribution in [3.63, 3.8) is 0 Å². The van der Waals surface area contributed by atoms with E-state index in [0.29, 0.717) is 58.4 Å². The Morgan fingerprint density at radius 3 is 2.46 bits per heavy atom. The smallest absolute Gasteiger partial charge is 0.407 e. The van der Waals surface area contributed by atoms with Crippen molar-refractivity contribution in [1.82, 2.24) is 4.90 Å². The van der Waals surface area contributed by atoms with Crippen LogP contribution in [0.15, 0.2) is 89.5 Å². The number of carbonyl (C=O) groups is 1. The van der Waals surface area contributed by atoms with E-state index in [0.717, 1.165) is 52.4 Å². The van der Waals surface area contributed by atoms with Gasteiger partial charge >= 0.3 is 6.09 Å². The highest BCUT2D eigenvalue weighted by Crippen LogP contribution is 2.35. The van der Waals surface area contributed by atoms with Crippen LogP contribution in [0.3, 0.4) is 0 Å². The number of rotatable bonds is 18. The molecular weight excluding hydrogens is 614 g/mol. The number of hydrogen-bond donors (Lipinski definition) is 1. The summed E-state index contributed by atoms with van der Waals surface area (Å²) in [4.78, 5) is 13.3. The third-order valence-electron chi connectivity index (χ3n) is 8.34. The Balaban J connectivity index is 1.16. The number of ether oxygens (including phenoxy) is 6. The summed E-state index contributed by atoms with van der Waals surface area (Å²) >= 11 is 0. The van der Waals surface area contributed by atoms with Crippen LogP contribution in [0, 0.1) is 0 Å². The van der Waals surface area contributed by atoms with E-state index in [2.05, 4.69) is 12.1 Å². The number of benzene rings is 3. The molecular formula is C38H45NO9. The second kappa shape index (κ2) is 18.1. The van der Waals surface area contributed by atoms with Crippen LogP contribution < -0.4 is 14.2 Å². The molecule has 0 spiro atoms. The van der Waals surface area contributed by atoms with Crippen molar-refractivity contribution in [3.8, 4) is 28.6 Å². The van der Waals surface area contributed by atoms with Crippen molar-refractivity contribution in [3.05, 3.63) is 102 Å². The molecule has 0 aliphatic carbocycles. The number of nitrogens with zero attached hydrogens (tertiary/aromatic N) is 1. The Morgan fingerprint density at radius 2 is 1.69 bits per heavy atom. The van der Waals surface area contributed by atoms with Crippen LogP contribution in [0.5, 0.6) is 17.2 Å². The molecule has 1 amide bonds. The van der Waals surface area contributed by atoms with Crippen molar-refractivity contribution in [2.24, 2.45) is 0 Å². The summed E-state index contributed by atoms with van der Waals surface area (Å²) in [5.41, 5.74) is 3.89. The Labute approximate surface area is 282 Å². The Hall–Kier alpha value is -4.51. The zero-order chi connectivity index (χ0) is 33.6. The van der Waals surface area contributed by atoms with E-state index in [4.69, 9.17) is 32.8 Å². The highest BCUT2D eigenvalue weighted by molar-refractivity contribution is 5.66. The van der Waals surface area contributed by atoms with Gasteiger partial charge in [0, 0.05) is 44.6 Å². The van der Waals surface area contributed by atoms with E-state index in [-0.39, 0.29) is 18.6 Å². The molecule has 48 heavy (non-hydrogen) atoms. The van der Waals surface area contributed by atoms with Crippen molar-refractivity contribution in [2.75, 3.05) is 53.7 Å². The first-order valence-electron chi connectivity index (χ1n) is 16.4. The molecule has 2 heterocycles. The van der Waals surface area contributed by atoms with Crippen LogP contribution in [0.2, 0.25) is 0 Å². The van der Waals surface area contributed by atoms with Crippen molar-refractivity contribution in [1.29, 1.82) is 0 Å². The molecule has 4 aromatic rings. The minimum atomic E-state index is -0.938. The predicted octanol–water partition coefficient (Wildman–Crippen LogP) is 7.41. The van der Waals surface area contributed by atoms with Gasteiger partial charge in [-0.15, -0.1) is 0 Å². The first-order valence-corrected chi connectivity index (χ1v) is 16.4. The summed E-state index contributed by atoms with van der Waals surface area (Å²) < 4.78 is 40.5. The molecule has 1 fully saturated rings. The van der Waals surface area contributed by atoms with Crippen LogP contribution in [0.4, 0.5) is 4.79 Å². The molecule has 0 saturated carbocycles. The van der Waals surface area contributed by atoms with E-state index >= 15 is 0 Å². The number of furan rings is 1. The van der Waals surface area contributed by atoms with Crippen molar-refractivity contribution < 1.29 is 42.7 Å². The first kappa shape index (κ1) is 34.8. The normalized spacial score (nSPS) is 16.1. The molecule has 0 bridgehead atoms. The molecule has 10 heteroatoms. The molecule has 256 valence electrons. The number of methoxy groups -OCH3 is 2. The summed E-state index contributed by atoms with van der Waals surface area (Å²) in [6.45, 7) is 3.75. The van der Waals surface area contributed by atoms with Gasteiger partial charge in [-0.3, -0.25) is 0 Å². The molecule has 1 aromatic heterocycles. The van der Waals surface area contributed by atoms with Gasteiger partial charge in [0.15, 0.2) is 0 Å². The van der Waals surface area contributed by atoms with E-state index in [1.54, 1.807) is 20.5 Å². The lowest BCUT2D eigenvalue weighted by Crippen LogP contribution is -2.46. The van der Waals surface area contributed by atoms with Gasteiger partial charge in [-0.05, 0) is 60.0 Å². The highest BCUT2D eigenvalue weighted by Gasteiger charge is 2.33. The van der Waals surface area contributed by atoms with Gasteiger partial charge in [-0.2, -0.15) is 0 Å². The van der Waals surface area contributed by atoms with E-state index in [1.807, 2.05) is 66.7 Å². The van der Waals surface area contributed by atoms with Crippen LogP contribution in [0.1, 0.15) is 41.9 Å². The quantitative estimate of drug-likeness (QED) is 0.109. The van der Waals surface area contributed by atoms with E-state index in [9.17, 15) is 9.90 Å². The Bertz CT molecular complexity index is 1540. The number of amides is 1. The summed E-state index contributed by atoms with van der Waals surface area (Å²) in [5.74, 6) is 3.05. The average Bonchev–Trinajstić information content (AvgIpc) is 3.66. The zero-order valence-corrected chi connectivity index (χ0v) is 27.7. The second-order valence-electron chi connectivity index (χ2n) is 11.6. The van der Waals surface area contributed by atoms with Crippen LogP contribution in [0.25, 0.3) is 11.3 Å². The van der Waals surface area contributed by atoms with Gasteiger partial charge in [-0.25, -0.2) is 4.79 Å². The van der Waals surface area contributed by atoms with E-state index < -0.39 is 6.09 Å². The predicted molar refractivity (Wildman–Crippen MR) is 181 cm³/mol. The number of likely N-dealkylation sites (tertiary alicyclic amines) is 1. The molecule has 1 aliphatic heterocycles. The molecule has 10 nitrogen and oxygen atoms in total. The zero-order valence-electron chi connectivity index (χ0n) is 27.7. The lowest BCUT2D eigenvalue weighted by Gasteiger charge is -2.37. The van der Waals surface area contributed by atoms with Crippen molar-refractivity contribution in [2.45, 2.75) is 44.5 Å². The monoisotopic (exact) mass is 659 g/mol. The van der Waals surface area contributed by atoms with Crippen LogP contribution in [-0.4, -0.2) is 75.9 Å². The fourth-order valence-electron chi connectivity index (χ4n) is 5.81. The van der Waals surface area contributed by atoms with E-state index in [1.165, 1.54) is 4.90 Å². The molecule has 2 atom stereocenters. The van der Waals surface area contributed by atoms with Crippen molar-refractivity contribution >= 4 is 6.09 Å². The standard InChI is InChI=1S/C38H45NO9/c1-42-19-6-23-47-36-24-28(11-16-33(36)35-10-5-21-46-35)26-48-37-25-39(38(40)41)18-17-32(37)29-12-14-31(15-13-29)45-22-7-20-44-27-30-8-3-4-9-34(30)43-2/h3-5,8-16,21,24,32,37H,6-7,17-20,22-23,25-27H2,1-2H3,(H,40,41). The lowest BCUT2D eigenvalue weighted by molar-refractivity contribution is -0.0200. The van der Waals surface area contributed by atoms with Gasteiger partial charge in [-0.1, -0.05) is 36.4 Å². The topological polar surface area (TPSA) is 109 Å². The molecule has 1 saturated heterocycles. The third-order valence-corrected chi connectivity index (χ3v) is 8.34. The summed E-state index contributed by atoms with van der Waals surface area (Å²) in [7, 11) is 3.33. The maximum absolute atomic E-state index is 11.9. The largest absolute Gasteiger partial charge is 0.496 e. The molecule has 2 unspecified atom stereocenters. The summed E-state index contributed by atoms with van der Waals surface area (Å²) in [6, 6.07) is 25.5. The van der Waals surface area contributed by atoms with Crippen LogP contribution in [-0.2, 0) is 27.4 Å². The summed E-state index contributed by atoms with van der Waals surface area (Å²) in [6.07, 6.45) is 2.55. The van der Waals surface area contributed by atoms with Gasteiger partial charge in [0.2, 0.25) is 0 Å². The van der Waals surface area contributed by atoms with Crippen LogP contribution >= 0.6 is 0 Å². The van der Waals surface area contributed by atoms with Gasteiger partial charge in [0.1, 0.15) is 23.0 Å². The molecule has 1 N–H and O–H groups in total. The second-order valence-corrected chi connectivity index (χ2v) is 11.6. The average molecular weight is 660 g/mol. The first-order chi connectivity index (χ1) is 23.6. The fraction of sp³-hybridized carbons (Fsp3) is 0.395. The van der Waals surface area contributed by atoms with Gasteiger partial charge < -0.3 is 42.8 Å². The molecule has 3 aromatic carbocycles. The minimum Gasteiger partial charge on any atom is -0.496 e. The summed E-state index contributed by atoms with van der Waals surface area (Å²) in [5, 5.41) is 9.74.